The van der Waals surface area contributed by atoms with Gasteiger partial charge in [-0.2, -0.15) is 5.06 Å². The summed E-state index contributed by atoms with van der Waals surface area (Å²) >= 11 is 0. The van der Waals surface area contributed by atoms with Gasteiger partial charge in [0.1, 0.15) is 23.6 Å². The van der Waals surface area contributed by atoms with Crippen LogP contribution in [0.25, 0.3) is 11.1 Å². The summed E-state index contributed by atoms with van der Waals surface area (Å²) in [4.78, 5) is 20.0. The van der Waals surface area contributed by atoms with Gasteiger partial charge in [0.15, 0.2) is 0 Å². The first-order chi connectivity index (χ1) is 20.2. The summed E-state index contributed by atoms with van der Waals surface area (Å²) in [6.45, 7) is 8.03. The summed E-state index contributed by atoms with van der Waals surface area (Å²) in [5, 5.41) is 25.6. The lowest BCUT2D eigenvalue weighted by Crippen LogP contribution is -2.62. The van der Waals surface area contributed by atoms with E-state index in [-0.39, 0.29) is 29.7 Å². The molecule has 3 aliphatic carbocycles. The van der Waals surface area contributed by atoms with E-state index in [9.17, 15) is 28.2 Å². The Morgan fingerprint density at radius 3 is 2.53 bits per heavy atom. The molecule has 8 atom stereocenters. The van der Waals surface area contributed by atoms with Crippen molar-refractivity contribution in [1.29, 1.82) is 0 Å². The lowest BCUT2D eigenvalue weighted by Gasteiger charge is -2.62. The number of rotatable bonds is 9. The number of aliphatic hydroxyl groups is 2. The molecular weight excluding hydrogens is 565 g/mol. The molecule has 0 radical (unpaired) electrons. The maximum Gasteiger partial charge on any atom is 0.573 e. The first-order valence-electron chi connectivity index (χ1n) is 14.8. The van der Waals surface area contributed by atoms with Gasteiger partial charge in [0.2, 0.25) is 5.91 Å². The molecule has 3 N–H and O–H groups in total. The SMILES string of the molecule is COc1c(CN2O[C@@H](CO)[C@H]([C@H](C)O)[C@H]2C(=O)N[C@H]2C[C@H]3C[C@H]([C@@H]2C)C3(C)C)cccc1-c1cccc(OC(F)(F)F)c1. The van der Waals surface area contributed by atoms with Gasteiger partial charge in [-0.1, -0.05) is 51.1 Å². The Morgan fingerprint density at radius 1 is 1.21 bits per heavy atom. The second kappa shape index (κ2) is 11.9. The minimum absolute atomic E-state index is 0.00184. The van der Waals surface area contributed by atoms with Crippen molar-refractivity contribution in [1.82, 2.24) is 10.4 Å². The highest BCUT2D eigenvalue weighted by Crippen LogP contribution is 2.61. The van der Waals surface area contributed by atoms with E-state index in [1.807, 2.05) is 0 Å². The quantitative estimate of drug-likeness (QED) is 0.373. The van der Waals surface area contributed by atoms with E-state index in [1.54, 1.807) is 31.2 Å². The number of carbonyl (C=O) groups excluding carboxylic acids is 1. The molecule has 1 saturated heterocycles. The minimum Gasteiger partial charge on any atom is -0.496 e. The zero-order chi connectivity index (χ0) is 31.3. The van der Waals surface area contributed by atoms with Crippen molar-refractivity contribution in [2.24, 2.45) is 29.1 Å². The number of para-hydroxylation sites is 1. The van der Waals surface area contributed by atoms with Crippen LogP contribution in [0.3, 0.4) is 0 Å². The van der Waals surface area contributed by atoms with Gasteiger partial charge in [0.25, 0.3) is 0 Å². The van der Waals surface area contributed by atoms with Crippen molar-refractivity contribution in [2.75, 3.05) is 13.7 Å². The molecule has 2 aromatic carbocycles. The molecule has 1 amide bonds. The van der Waals surface area contributed by atoms with Gasteiger partial charge >= 0.3 is 6.36 Å². The highest BCUT2D eigenvalue weighted by molar-refractivity contribution is 5.83. The molecule has 2 aromatic rings. The Kier molecular flexibility index (Phi) is 8.74. The number of fused-ring (bicyclic) bond motifs is 2. The Balaban J connectivity index is 1.42. The lowest BCUT2D eigenvalue weighted by atomic mass is 9.45. The molecule has 236 valence electrons. The number of ether oxygens (including phenoxy) is 2. The minimum atomic E-state index is -4.83. The summed E-state index contributed by atoms with van der Waals surface area (Å²) in [6, 6.07) is 9.94. The van der Waals surface area contributed by atoms with Crippen LogP contribution in [0, 0.1) is 29.1 Å². The number of nitrogens with one attached hydrogen (secondary N) is 1. The number of nitrogens with zero attached hydrogens (tertiary/aromatic N) is 1. The van der Waals surface area contributed by atoms with Crippen molar-refractivity contribution in [3.63, 3.8) is 0 Å². The molecule has 2 bridgehead atoms. The molecule has 6 rings (SSSR count). The van der Waals surface area contributed by atoms with E-state index < -0.39 is 37.1 Å². The number of benzene rings is 2. The average molecular weight is 607 g/mol. The molecule has 8 nitrogen and oxygen atoms in total. The molecule has 4 fully saturated rings. The standard InChI is InChI=1S/C32H41F3N2O6/c1-17-24-13-21(31(24,3)4)14-25(17)36-30(40)28-27(18(2)39)26(16-38)43-37(28)15-20-9-7-11-23(29(20)41-5)19-8-6-10-22(12-19)42-32(33,34)35/h6-12,17-18,21,24-28,38-39H,13-16H2,1-5H3,(H,36,40)/t17-,18-,21+,24+,25-,26-,27-,28-/m0/s1. The second-order valence-corrected chi connectivity index (χ2v) is 12.8. The van der Waals surface area contributed by atoms with Gasteiger partial charge < -0.3 is 25.0 Å². The topological polar surface area (TPSA) is 100 Å². The smallest absolute Gasteiger partial charge is 0.496 e. The number of alkyl halides is 3. The first-order valence-corrected chi connectivity index (χ1v) is 14.8. The Bertz CT molecular complexity index is 1320. The maximum absolute atomic E-state index is 14.0. The predicted molar refractivity (Wildman–Crippen MR) is 153 cm³/mol. The van der Waals surface area contributed by atoms with Gasteiger partial charge in [-0.3, -0.25) is 9.63 Å². The molecule has 0 unspecified atom stereocenters. The van der Waals surface area contributed by atoms with E-state index in [1.165, 1.54) is 36.8 Å². The number of methoxy groups -OCH3 is 1. The highest BCUT2D eigenvalue weighted by Gasteiger charge is 2.57. The first kappa shape index (κ1) is 31.6. The Labute approximate surface area is 250 Å². The van der Waals surface area contributed by atoms with E-state index in [4.69, 9.17) is 9.57 Å². The summed E-state index contributed by atoms with van der Waals surface area (Å²) in [6.07, 6.45) is -4.53. The van der Waals surface area contributed by atoms with E-state index in [2.05, 4.69) is 30.8 Å². The fraction of sp³-hybridized carbons (Fsp3) is 0.594. The van der Waals surface area contributed by atoms with Crippen molar-refractivity contribution < 1.29 is 42.5 Å². The Morgan fingerprint density at radius 2 is 1.93 bits per heavy atom. The summed E-state index contributed by atoms with van der Waals surface area (Å²) in [7, 11) is 1.46. The van der Waals surface area contributed by atoms with Crippen LogP contribution < -0.4 is 14.8 Å². The summed E-state index contributed by atoms with van der Waals surface area (Å²) < 4.78 is 48.4. The van der Waals surface area contributed by atoms with Crippen LogP contribution in [-0.4, -0.2) is 65.6 Å². The normalized spacial score (nSPS) is 30.8. The van der Waals surface area contributed by atoms with E-state index >= 15 is 0 Å². The number of halogens is 3. The van der Waals surface area contributed by atoms with Crippen LogP contribution in [0.4, 0.5) is 13.2 Å². The summed E-state index contributed by atoms with van der Waals surface area (Å²) in [5.41, 5.74) is 1.83. The van der Waals surface area contributed by atoms with Gasteiger partial charge in [-0.15, -0.1) is 13.2 Å². The number of hydrogen-bond donors (Lipinski definition) is 3. The third kappa shape index (κ3) is 6.09. The zero-order valence-electron chi connectivity index (χ0n) is 25.1. The maximum atomic E-state index is 14.0. The molecule has 0 aromatic heterocycles. The second-order valence-electron chi connectivity index (χ2n) is 12.8. The van der Waals surface area contributed by atoms with Gasteiger partial charge in [0, 0.05) is 23.1 Å². The van der Waals surface area contributed by atoms with Crippen LogP contribution in [0.2, 0.25) is 0 Å². The number of aliphatic hydroxyl groups excluding tert-OH is 2. The van der Waals surface area contributed by atoms with Crippen molar-refractivity contribution >= 4 is 5.91 Å². The van der Waals surface area contributed by atoms with Crippen LogP contribution in [0.1, 0.15) is 46.1 Å². The number of hydrogen-bond acceptors (Lipinski definition) is 7. The largest absolute Gasteiger partial charge is 0.573 e. The third-order valence-corrected chi connectivity index (χ3v) is 10.1. The van der Waals surface area contributed by atoms with Crippen molar-refractivity contribution in [2.45, 2.75) is 77.7 Å². The zero-order valence-corrected chi connectivity index (χ0v) is 25.1. The third-order valence-electron chi connectivity index (χ3n) is 10.1. The van der Waals surface area contributed by atoms with Crippen molar-refractivity contribution in [3.05, 3.63) is 48.0 Å². The molecular formula is C32H41F3N2O6. The molecule has 1 aliphatic heterocycles. The van der Waals surface area contributed by atoms with Gasteiger partial charge in [-0.25, -0.2) is 0 Å². The molecule has 0 spiro atoms. The number of amides is 1. The fourth-order valence-electron chi connectivity index (χ4n) is 7.69. The monoisotopic (exact) mass is 606 g/mol. The summed E-state index contributed by atoms with van der Waals surface area (Å²) in [5.74, 6) is 0.425. The molecule has 11 heteroatoms. The fourth-order valence-corrected chi connectivity index (χ4v) is 7.69. The molecule has 4 aliphatic rings. The van der Waals surface area contributed by atoms with E-state index in [0.717, 1.165) is 6.42 Å². The van der Waals surface area contributed by atoms with Crippen LogP contribution in [-0.2, 0) is 16.2 Å². The average Bonchev–Trinajstić information content (AvgIpc) is 3.31. The molecule has 3 saturated carbocycles. The van der Waals surface area contributed by atoms with Crippen LogP contribution in [0.5, 0.6) is 11.5 Å². The Hall–Kier alpha value is -2.86. The molecule has 1 heterocycles. The lowest BCUT2D eigenvalue weighted by molar-refractivity contribution is -0.274. The molecule has 43 heavy (non-hydrogen) atoms. The van der Waals surface area contributed by atoms with Gasteiger partial charge in [-0.05, 0) is 60.6 Å². The van der Waals surface area contributed by atoms with Crippen LogP contribution >= 0.6 is 0 Å². The number of carbonyl (C=O) groups is 1. The van der Waals surface area contributed by atoms with E-state index in [0.29, 0.717) is 40.2 Å². The van der Waals surface area contributed by atoms with Crippen molar-refractivity contribution in [3.8, 4) is 22.6 Å². The van der Waals surface area contributed by atoms with Crippen LogP contribution in [0.15, 0.2) is 42.5 Å². The number of hydroxylamine groups is 2. The van der Waals surface area contributed by atoms with Gasteiger partial charge in [0.05, 0.1) is 26.4 Å². The highest BCUT2D eigenvalue weighted by atomic mass is 19.4. The predicted octanol–water partition coefficient (Wildman–Crippen LogP) is 4.92.